The largest absolute Gasteiger partial charge is 0.482 e. The number of para-hydroxylation sites is 1. The molecule has 0 aliphatic rings. The summed E-state index contributed by atoms with van der Waals surface area (Å²) in [6.45, 7) is -0.523. The van der Waals surface area contributed by atoms with Crippen LogP contribution in [-0.2, 0) is 9.53 Å². The molecule has 0 saturated heterocycles. The molecule has 3 aromatic rings. The number of fused-ring (bicyclic) bond motifs is 1. The third-order valence-electron chi connectivity index (χ3n) is 3.54. The summed E-state index contributed by atoms with van der Waals surface area (Å²) in [5.74, 6) is -0.239. The van der Waals surface area contributed by atoms with Gasteiger partial charge in [-0.1, -0.05) is 54.6 Å². The number of hydrogen-bond acceptors (Lipinski definition) is 4. The summed E-state index contributed by atoms with van der Waals surface area (Å²) in [6, 6.07) is 22.1. The van der Waals surface area contributed by atoms with Crippen molar-refractivity contribution >= 4 is 22.5 Å². The summed E-state index contributed by atoms with van der Waals surface area (Å²) in [6.07, 6.45) is 0. The van der Waals surface area contributed by atoms with Gasteiger partial charge in [0.15, 0.2) is 19.0 Å². The van der Waals surface area contributed by atoms with Crippen LogP contribution in [0.25, 0.3) is 10.8 Å². The van der Waals surface area contributed by atoms with Crippen molar-refractivity contribution in [2.24, 2.45) is 0 Å². The van der Waals surface area contributed by atoms with Crippen molar-refractivity contribution in [3.8, 4) is 5.75 Å². The summed E-state index contributed by atoms with van der Waals surface area (Å²) in [5, 5.41) is 2.03. The van der Waals surface area contributed by atoms with E-state index >= 15 is 0 Å². The highest BCUT2D eigenvalue weighted by atomic mass is 16.6. The van der Waals surface area contributed by atoms with Crippen LogP contribution in [0.1, 0.15) is 10.4 Å². The third-order valence-corrected chi connectivity index (χ3v) is 3.54. The van der Waals surface area contributed by atoms with Crippen LogP contribution in [0.5, 0.6) is 5.75 Å². The van der Waals surface area contributed by atoms with Crippen molar-refractivity contribution in [1.82, 2.24) is 0 Å². The lowest BCUT2D eigenvalue weighted by Gasteiger charge is -2.07. The molecule has 0 saturated carbocycles. The Bertz CT molecular complexity index is 856. The van der Waals surface area contributed by atoms with Crippen LogP contribution in [0.15, 0.2) is 72.8 Å². The lowest BCUT2D eigenvalue weighted by atomic mass is 10.0. The third kappa shape index (κ3) is 3.98. The summed E-state index contributed by atoms with van der Waals surface area (Å²) in [5.41, 5.74) is 0.519. The molecule has 0 aliphatic carbocycles. The predicted molar refractivity (Wildman–Crippen MR) is 91.2 cm³/mol. The van der Waals surface area contributed by atoms with Gasteiger partial charge in [0.25, 0.3) is 0 Å². The second kappa shape index (κ2) is 7.42. The fourth-order valence-electron chi connectivity index (χ4n) is 2.29. The van der Waals surface area contributed by atoms with E-state index in [9.17, 15) is 9.59 Å². The molecule has 24 heavy (non-hydrogen) atoms. The van der Waals surface area contributed by atoms with E-state index in [1.807, 2.05) is 48.5 Å². The van der Waals surface area contributed by atoms with Gasteiger partial charge < -0.3 is 9.47 Å². The Kier molecular flexibility index (Phi) is 4.87. The minimum absolute atomic E-state index is 0.227. The fourth-order valence-corrected chi connectivity index (χ4v) is 2.29. The van der Waals surface area contributed by atoms with Crippen LogP contribution < -0.4 is 4.74 Å². The zero-order chi connectivity index (χ0) is 16.8. The quantitative estimate of drug-likeness (QED) is 0.514. The van der Waals surface area contributed by atoms with Gasteiger partial charge in [0.05, 0.1) is 0 Å². The standard InChI is InChI=1S/C20H16O4/c21-19(17-11-10-15-6-4-5-7-16(15)12-17)13-24-20(22)14-23-18-8-2-1-3-9-18/h1-12H,13-14H2. The molecule has 0 heterocycles. The van der Waals surface area contributed by atoms with Gasteiger partial charge in [0.1, 0.15) is 5.75 Å². The second-order valence-corrected chi connectivity index (χ2v) is 5.25. The molecule has 0 N–H and O–H groups in total. The molecule has 0 radical (unpaired) electrons. The number of Topliss-reactive ketones (excluding diaryl/α,β-unsaturated/α-hetero) is 1. The minimum atomic E-state index is -0.576. The molecule has 0 unspecified atom stereocenters. The number of ether oxygens (including phenoxy) is 2. The number of hydrogen-bond donors (Lipinski definition) is 0. The van der Waals surface area contributed by atoms with E-state index in [1.165, 1.54) is 0 Å². The first kappa shape index (κ1) is 15.7. The molecule has 0 bridgehead atoms. The highest BCUT2D eigenvalue weighted by molar-refractivity contribution is 6.01. The van der Waals surface area contributed by atoms with E-state index < -0.39 is 5.97 Å². The molecule has 4 nitrogen and oxygen atoms in total. The van der Waals surface area contributed by atoms with Crippen molar-refractivity contribution < 1.29 is 19.1 Å². The maximum absolute atomic E-state index is 12.1. The number of carbonyl (C=O) groups is 2. The minimum Gasteiger partial charge on any atom is -0.482 e. The Balaban J connectivity index is 1.53. The number of rotatable bonds is 6. The topological polar surface area (TPSA) is 52.6 Å². The van der Waals surface area contributed by atoms with Crippen LogP contribution in [0.2, 0.25) is 0 Å². The average molecular weight is 320 g/mol. The van der Waals surface area contributed by atoms with E-state index in [4.69, 9.17) is 9.47 Å². The Morgan fingerprint density at radius 3 is 2.25 bits per heavy atom. The van der Waals surface area contributed by atoms with Gasteiger partial charge in [0, 0.05) is 5.56 Å². The van der Waals surface area contributed by atoms with Crippen LogP contribution in [-0.4, -0.2) is 25.0 Å². The first-order valence-corrected chi connectivity index (χ1v) is 7.58. The van der Waals surface area contributed by atoms with Crippen molar-refractivity contribution in [2.45, 2.75) is 0 Å². The lowest BCUT2D eigenvalue weighted by Crippen LogP contribution is -2.19. The SMILES string of the molecule is O=C(COc1ccccc1)OCC(=O)c1ccc2ccccc2c1. The van der Waals surface area contributed by atoms with Gasteiger partial charge in [-0.15, -0.1) is 0 Å². The van der Waals surface area contributed by atoms with E-state index in [2.05, 4.69) is 0 Å². The lowest BCUT2D eigenvalue weighted by molar-refractivity contribution is -0.144. The Morgan fingerprint density at radius 2 is 1.46 bits per heavy atom. The summed E-state index contributed by atoms with van der Waals surface area (Å²) < 4.78 is 10.3. The highest BCUT2D eigenvalue weighted by Gasteiger charge is 2.11. The number of ketones is 1. The molecule has 0 amide bonds. The Morgan fingerprint density at radius 1 is 0.750 bits per heavy atom. The molecule has 0 spiro atoms. The number of benzene rings is 3. The van der Waals surface area contributed by atoms with Crippen LogP contribution in [0, 0.1) is 0 Å². The van der Waals surface area contributed by atoms with E-state index in [0.29, 0.717) is 11.3 Å². The molecule has 3 aromatic carbocycles. The maximum Gasteiger partial charge on any atom is 0.344 e. The first-order valence-electron chi connectivity index (χ1n) is 7.58. The molecule has 120 valence electrons. The maximum atomic E-state index is 12.1. The van der Waals surface area contributed by atoms with Gasteiger partial charge in [0.2, 0.25) is 0 Å². The zero-order valence-electron chi connectivity index (χ0n) is 13.0. The summed E-state index contributed by atoms with van der Waals surface area (Å²) in [7, 11) is 0. The van der Waals surface area contributed by atoms with Gasteiger partial charge in [-0.3, -0.25) is 4.79 Å². The predicted octanol–water partition coefficient (Wildman–Crippen LogP) is 3.64. The van der Waals surface area contributed by atoms with Crippen molar-refractivity contribution in [3.05, 3.63) is 78.4 Å². The van der Waals surface area contributed by atoms with Crippen molar-refractivity contribution in [2.75, 3.05) is 13.2 Å². The second-order valence-electron chi connectivity index (χ2n) is 5.25. The summed E-state index contributed by atoms with van der Waals surface area (Å²) in [4.78, 5) is 23.8. The smallest absolute Gasteiger partial charge is 0.344 e. The molecular formula is C20H16O4. The summed E-state index contributed by atoms with van der Waals surface area (Å²) >= 11 is 0. The Labute approximate surface area is 139 Å². The van der Waals surface area contributed by atoms with Gasteiger partial charge in [-0.2, -0.15) is 0 Å². The van der Waals surface area contributed by atoms with E-state index in [-0.39, 0.29) is 19.0 Å². The molecule has 0 aliphatic heterocycles. The van der Waals surface area contributed by atoms with Gasteiger partial charge in [-0.05, 0) is 29.0 Å². The normalized spacial score (nSPS) is 10.3. The molecular weight excluding hydrogens is 304 g/mol. The van der Waals surface area contributed by atoms with E-state index in [0.717, 1.165) is 10.8 Å². The molecule has 3 rings (SSSR count). The van der Waals surface area contributed by atoms with Crippen LogP contribution in [0.4, 0.5) is 0 Å². The highest BCUT2D eigenvalue weighted by Crippen LogP contribution is 2.16. The van der Waals surface area contributed by atoms with Crippen molar-refractivity contribution in [1.29, 1.82) is 0 Å². The van der Waals surface area contributed by atoms with Crippen molar-refractivity contribution in [3.63, 3.8) is 0 Å². The first-order chi connectivity index (χ1) is 11.7. The van der Waals surface area contributed by atoms with E-state index in [1.54, 1.807) is 24.3 Å². The molecule has 0 atom stereocenters. The monoisotopic (exact) mass is 320 g/mol. The van der Waals surface area contributed by atoms with Gasteiger partial charge in [-0.25, -0.2) is 4.79 Å². The average Bonchev–Trinajstić information content (AvgIpc) is 2.65. The van der Waals surface area contributed by atoms with Crippen LogP contribution in [0.3, 0.4) is 0 Å². The zero-order valence-corrected chi connectivity index (χ0v) is 13.0. The van der Waals surface area contributed by atoms with Gasteiger partial charge >= 0.3 is 5.97 Å². The number of carbonyl (C=O) groups excluding carboxylic acids is 2. The Hall–Kier alpha value is -3.14. The number of esters is 1. The molecule has 0 fully saturated rings. The molecule has 4 heteroatoms. The molecule has 0 aromatic heterocycles. The van der Waals surface area contributed by atoms with Crippen LogP contribution >= 0.6 is 0 Å². The fraction of sp³-hybridized carbons (Fsp3) is 0.100.